The summed E-state index contributed by atoms with van der Waals surface area (Å²) in [6, 6.07) is 1.10. The van der Waals surface area contributed by atoms with Gasteiger partial charge < -0.3 is 0 Å². The lowest BCUT2D eigenvalue weighted by Crippen LogP contribution is -2.57. The molecule has 0 aromatic carbocycles. The maximum Gasteiger partial charge on any atom is 0.459 e. The van der Waals surface area contributed by atoms with E-state index >= 15 is 0 Å². The molecule has 1 aromatic heterocycles. The van der Waals surface area contributed by atoms with Crippen LogP contribution >= 0.6 is 11.3 Å². The third-order valence-corrected chi connectivity index (χ3v) is 3.65. The van der Waals surface area contributed by atoms with Crippen molar-refractivity contribution in [2.75, 3.05) is 6.54 Å². The van der Waals surface area contributed by atoms with Crippen LogP contribution in [0, 0.1) is 0 Å². The van der Waals surface area contributed by atoms with Gasteiger partial charge in [-0.05, 0) is 11.4 Å². The molecule has 0 unspecified atom stereocenters. The van der Waals surface area contributed by atoms with Crippen molar-refractivity contribution in [2.24, 2.45) is 0 Å². The van der Waals surface area contributed by atoms with E-state index in [2.05, 4.69) is 0 Å². The van der Waals surface area contributed by atoms with Gasteiger partial charge in [-0.3, -0.25) is 14.5 Å². The topological polar surface area (TPSA) is 37.4 Å². The molecule has 21 heavy (non-hydrogen) atoms. The van der Waals surface area contributed by atoms with Crippen LogP contribution in [0.1, 0.15) is 20.0 Å². The van der Waals surface area contributed by atoms with E-state index < -0.39 is 36.4 Å². The van der Waals surface area contributed by atoms with Crippen LogP contribution in [0.5, 0.6) is 0 Å². The molecule has 0 atom stereocenters. The third-order valence-electron chi connectivity index (χ3n) is 2.75. The summed E-state index contributed by atoms with van der Waals surface area (Å²) in [6.07, 6.45) is -6.51. The first-order valence-electron chi connectivity index (χ1n) is 5.16. The summed E-state index contributed by atoms with van der Waals surface area (Å²) in [5.74, 6) is -14.6. The second-order valence-electron chi connectivity index (χ2n) is 4.14. The number of alkyl halides is 7. The minimum atomic E-state index is -6.51. The quantitative estimate of drug-likeness (QED) is 0.628. The molecule has 0 spiro atoms. The molecule has 1 aliphatic rings. The Kier molecular flexibility index (Phi) is 3.31. The fourth-order valence-corrected chi connectivity index (χ4v) is 2.49. The van der Waals surface area contributed by atoms with Gasteiger partial charge in [0.2, 0.25) is 0 Å². The van der Waals surface area contributed by atoms with Crippen LogP contribution in [-0.2, 0) is 0 Å². The zero-order chi connectivity index (χ0) is 16.2. The zero-order valence-electron chi connectivity index (χ0n) is 9.68. The first kappa shape index (κ1) is 15.7. The monoisotopic (exact) mass is 335 g/mol. The Labute approximate surface area is 115 Å². The summed E-state index contributed by atoms with van der Waals surface area (Å²) < 4.78 is 87.9. The van der Waals surface area contributed by atoms with Crippen molar-refractivity contribution in [1.29, 1.82) is 0 Å². The molecule has 0 bridgehead atoms. The highest BCUT2D eigenvalue weighted by molar-refractivity contribution is 7.12. The van der Waals surface area contributed by atoms with Crippen molar-refractivity contribution >= 4 is 23.2 Å². The number of thiophene rings is 1. The molecule has 2 amide bonds. The molecule has 11 heteroatoms. The lowest BCUT2D eigenvalue weighted by Gasteiger charge is -2.30. The number of hydrogen-bond donors (Lipinski definition) is 0. The predicted molar refractivity (Wildman–Crippen MR) is 55.6 cm³/mol. The van der Waals surface area contributed by atoms with Gasteiger partial charge in [-0.25, -0.2) is 0 Å². The van der Waals surface area contributed by atoms with Crippen LogP contribution < -0.4 is 0 Å². The van der Waals surface area contributed by atoms with Crippen LogP contribution in [0.4, 0.5) is 30.7 Å². The lowest BCUT2D eigenvalue weighted by molar-refractivity contribution is -0.354. The van der Waals surface area contributed by atoms with Gasteiger partial charge >= 0.3 is 18.0 Å². The Bertz CT molecular complexity index is 576. The molecule has 0 fully saturated rings. The first-order valence-corrected chi connectivity index (χ1v) is 6.04. The van der Waals surface area contributed by atoms with Gasteiger partial charge in [0.1, 0.15) is 4.88 Å². The number of carbonyl (C=O) groups is 2. The standard InChI is InChI=1S/C10H4F7NO2S/c11-8(12,9(13,14)10(15,16)17)3-18-6(19)4-1-2-21-5(4)7(18)20/h1-2H,3H2. The summed E-state index contributed by atoms with van der Waals surface area (Å²) in [4.78, 5) is 22.6. The smallest absolute Gasteiger partial charge is 0.269 e. The van der Waals surface area contributed by atoms with E-state index in [0.29, 0.717) is 11.3 Å². The fraction of sp³-hybridized carbons (Fsp3) is 0.400. The van der Waals surface area contributed by atoms with Crippen molar-refractivity contribution in [3.63, 3.8) is 0 Å². The highest BCUT2D eigenvalue weighted by Gasteiger charge is 2.73. The number of hydrogen-bond acceptors (Lipinski definition) is 3. The van der Waals surface area contributed by atoms with Crippen LogP contribution in [0.25, 0.3) is 0 Å². The number of rotatable bonds is 3. The average molecular weight is 335 g/mol. The highest BCUT2D eigenvalue weighted by atomic mass is 32.1. The lowest BCUT2D eigenvalue weighted by atomic mass is 10.1. The maximum atomic E-state index is 13.2. The summed E-state index contributed by atoms with van der Waals surface area (Å²) in [5, 5.41) is 1.29. The summed E-state index contributed by atoms with van der Waals surface area (Å²) >= 11 is 0.700. The number of imide groups is 1. The van der Waals surface area contributed by atoms with Crippen LogP contribution in [0.3, 0.4) is 0 Å². The molecular weight excluding hydrogens is 331 g/mol. The van der Waals surface area contributed by atoms with Crippen molar-refractivity contribution < 1.29 is 40.3 Å². The Morgan fingerprint density at radius 3 is 2.05 bits per heavy atom. The fourth-order valence-electron chi connectivity index (χ4n) is 1.65. The number of carbonyl (C=O) groups excluding carboxylic acids is 2. The zero-order valence-corrected chi connectivity index (χ0v) is 10.5. The Balaban J connectivity index is 2.29. The molecule has 1 aliphatic heterocycles. The summed E-state index contributed by atoms with van der Waals surface area (Å²) in [5.41, 5.74) is -0.295. The largest absolute Gasteiger partial charge is 0.459 e. The maximum absolute atomic E-state index is 13.2. The van der Waals surface area contributed by atoms with E-state index in [9.17, 15) is 40.3 Å². The molecular formula is C10H4F7NO2S. The number of amides is 2. The van der Waals surface area contributed by atoms with E-state index in [1.54, 1.807) is 0 Å². The Morgan fingerprint density at radius 2 is 1.57 bits per heavy atom. The SMILES string of the molecule is O=C1c2ccsc2C(=O)N1CC(F)(F)C(F)(F)C(F)(F)F. The normalized spacial score (nSPS) is 16.6. The van der Waals surface area contributed by atoms with E-state index in [1.807, 2.05) is 0 Å². The molecule has 2 rings (SSSR count). The molecule has 0 N–H and O–H groups in total. The van der Waals surface area contributed by atoms with E-state index in [1.165, 1.54) is 5.38 Å². The van der Waals surface area contributed by atoms with Crippen molar-refractivity contribution in [3.05, 3.63) is 21.9 Å². The van der Waals surface area contributed by atoms with Gasteiger partial charge in [0.25, 0.3) is 11.8 Å². The number of halogens is 7. The predicted octanol–water partition coefficient (Wildman–Crippen LogP) is 3.18. The molecule has 0 saturated heterocycles. The number of fused-ring (bicyclic) bond motifs is 1. The van der Waals surface area contributed by atoms with Crippen molar-refractivity contribution in [2.45, 2.75) is 18.0 Å². The molecule has 3 nitrogen and oxygen atoms in total. The Morgan fingerprint density at radius 1 is 1.00 bits per heavy atom. The van der Waals surface area contributed by atoms with Crippen LogP contribution in [0.2, 0.25) is 0 Å². The molecule has 0 radical (unpaired) electrons. The highest BCUT2D eigenvalue weighted by Crippen LogP contribution is 2.47. The molecule has 0 aliphatic carbocycles. The van der Waals surface area contributed by atoms with Crippen LogP contribution in [-0.4, -0.2) is 41.3 Å². The van der Waals surface area contributed by atoms with E-state index in [-0.39, 0.29) is 15.3 Å². The second kappa shape index (κ2) is 4.42. The second-order valence-corrected chi connectivity index (χ2v) is 5.05. The summed E-state index contributed by atoms with van der Waals surface area (Å²) in [6.45, 7) is -2.35. The molecule has 2 heterocycles. The van der Waals surface area contributed by atoms with Gasteiger partial charge in [0, 0.05) is 0 Å². The van der Waals surface area contributed by atoms with Crippen LogP contribution in [0.15, 0.2) is 11.4 Å². The third kappa shape index (κ3) is 2.19. The minimum Gasteiger partial charge on any atom is -0.269 e. The molecule has 1 aromatic rings. The molecule has 0 saturated carbocycles. The van der Waals surface area contributed by atoms with Gasteiger partial charge in [-0.1, -0.05) is 0 Å². The average Bonchev–Trinajstić information content (AvgIpc) is 2.88. The van der Waals surface area contributed by atoms with E-state index in [4.69, 9.17) is 0 Å². The van der Waals surface area contributed by atoms with Gasteiger partial charge in [0.15, 0.2) is 0 Å². The van der Waals surface area contributed by atoms with Crippen molar-refractivity contribution in [1.82, 2.24) is 4.90 Å². The molecule has 116 valence electrons. The van der Waals surface area contributed by atoms with Crippen molar-refractivity contribution in [3.8, 4) is 0 Å². The summed E-state index contributed by atoms with van der Waals surface area (Å²) in [7, 11) is 0. The first-order chi connectivity index (χ1) is 9.40. The van der Waals surface area contributed by atoms with E-state index in [0.717, 1.165) is 6.07 Å². The van der Waals surface area contributed by atoms with Gasteiger partial charge in [-0.15, -0.1) is 11.3 Å². The van der Waals surface area contributed by atoms with Gasteiger partial charge in [0.05, 0.1) is 12.1 Å². The Hall–Kier alpha value is -1.65. The van der Waals surface area contributed by atoms with Gasteiger partial charge in [-0.2, -0.15) is 30.7 Å². The number of nitrogens with zero attached hydrogens (tertiary/aromatic N) is 1. The minimum absolute atomic E-state index is 0.272.